The van der Waals surface area contributed by atoms with Crippen LogP contribution in [-0.2, 0) is 19.3 Å². The number of anilines is 3. The van der Waals surface area contributed by atoms with Crippen LogP contribution in [0.2, 0.25) is 0 Å². The molecule has 1 N–H and O–H groups in total. The molecule has 3 fully saturated rings. The Hall–Kier alpha value is -3.23. The van der Waals surface area contributed by atoms with Crippen LogP contribution < -0.4 is 14.7 Å². The fourth-order valence-corrected chi connectivity index (χ4v) is 7.85. The Morgan fingerprint density at radius 3 is 2.60 bits per heavy atom. The Morgan fingerprint density at radius 2 is 1.81 bits per heavy atom. The van der Waals surface area contributed by atoms with E-state index < -0.39 is 6.23 Å². The molecule has 228 valence electrons. The average molecular weight is 584 g/mol. The summed E-state index contributed by atoms with van der Waals surface area (Å²) in [5.41, 5.74) is 5.31. The highest BCUT2D eigenvalue weighted by Gasteiger charge is 2.39. The lowest BCUT2D eigenvalue weighted by molar-refractivity contribution is 0.00433. The first-order valence-electron chi connectivity index (χ1n) is 16.1. The number of hydrogen-bond acceptors (Lipinski definition) is 10. The molecule has 10 nitrogen and oxygen atoms in total. The van der Waals surface area contributed by atoms with Gasteiger partial charge in [-0.15, -0.1) is 0 Å². The molecule has 0 radical (unpaired) electrons. The summed E-state index contributed by atoms with van der Waals surface area (Å²) in [6, 6.07) is 12.1. The van der Waals surface area contributed by atoms with E-state index in [0.29, 0.717) is 31.6 Å². The summed E-state index contributed by atoms with van der Waals surface area (Å²) in [6.07, 6.45) is 5.26. The highest BCUT2D eigenvalue weighted by Crippen LogP contribution is 2.38. The van der Waals surface area contributed by atoms with Gasteiger partial charge in [-0.2, -0.15) is 10.2 Å². The minimum absolute atomic E-state index is 0.0797. The lowest BCUT2D eigenvalue weighted by Crippen LogP contribution is -2.63. The van der Waals surface area contributed by atoms with Crippen LogP contribution in [-0.4, -0.2) is 127 Å². The third-order valence-corrected chi connectivity index (χ3v) is 10.5. The van der Waals surface area contributed by atoms with Gasteiger partial charge in [-0.25, -0.2) is 4.98 Å². The summed E-state index contributed by atoms with van der Waals surface area (Å²) in [6.45, 7) is 13.4. The number of fused-ring (bicyclic) bond motifs is 2. The van der Waals surface area contributed by atoms with Gasteiger partial charge in [0.2, 0.25) is 5.95 Å². The van der Waals surface area contributed by atoms with Gasteiger partial charge < -0.3 is 24.7 Å². The van der Waals surface area contributed by atoms with Gasteiger partial charge in [0.15, 0.2) is 0 Å². The molecule has 1 aromatic carbocycles. The summed E-state index contributed by atoms with van der Waals surface area (Å²) < 4.78 is 0. The maximum absolute atomic E-state index is 10.6. The molecule has 2 unspecified atom stereocenters. The fraction of sp³-hybridized carbons (Fsp3) is 0.606. The van der Waals surface area contributed by atoms with Crippen LogP contribution in [0.1, 0.15) is 29.7 Å². The maximum Gasteiger partial charge on any atom is 0.227 e. The number of benzene rings is 1. The smallest absolute Gasteiger partial charge is 0.227 e. The predicted octanol–water partition coefficient (Wildman–Crippen LogP) is 1.74. The fourth-order valence-electron chi connectivity index (χ4n) is 7.85. The molecular formula is C33H45N9O. The first-order chi connectivity index (χ1) is 21.0. The molecule has 43 heavy (non-hydrogen) atoms. The molecule has 0 saturated carbocycles. The molecular weight excluding hydrogens is 538 g/mol. The molecule has 3 atom stereocenters. The Labute approximate surface area is 255 Å². The third-order valence-electron chi connectivity index (χ3n) is 10.5. The highest BCUT2D eigenvalue weighted by molar-refractivity contribution is 5.60. The molecule has 0 amide bonds. The summed E-state index contributed by atoms with van der Waals surface area (Å²) in [7, 11) is 2.21. The van der Waals surface area contributed by atoms with Gasteiger partial charge in [-0.05, 0) is 44.0 Å². The van der Waals surface area contributed by atoms with E-state index in [-0.39, 0.29) is 6.04 Å². The molecule has 7 rings (SSSR count). The van der Waals surface area contributed by atoms with E-state index in [4.69, 9.17) is 9.97 Å². The number of aromatic nitrogens is 2. The van der Waals surface area contributed by atoms with Gasteiger partial charge in [0.25, 0.3) is 0 Å². The largest absolute Gasteiger partial charge is 0.375 e. The number of likely N-dealkylation sites (N-methyl/N-ethyl adjacent to an activating group) is 1. The van der Waals surface area contributed by atoms with Crippen LogP contribution in [0.5, 0.6) is 0 Å². The van der Waals surface area contributed by atoms with Gasteiger partial charge in [0.1, 0.15) is 12.0 Å². The molecule has 0 spiro atoms. The van der Waals surface area contributed by atoms with Gasteiger partial charge in [0.05, 0.1) is 18.2 Å². The van der Waals surface area contributed by atoms with Crippen molar-refractivity contribution >= 4 is 17.5 Å². The third kappa shape index (κ3) is 5.48. The second kappa shape index (κ2) is 12.0. The first kappa shape index (κ1) is 28.5. The minimum Gasteiger partial charge on any atom is -0.375 e. The van der Waals surface area contributed by atoms with Crippen LogP contribution in [0, 0.1) is 11.3 Å². The Balaban J connectivity index is 1.16. The van der Waals surface area contributed by atoms with Crippen molar-refractivity contribution in [2.24, 2.45) is 0 Å². The number of aliphatic hydroxyl groups excluding tert-OH is 1. The molecule has 10 heteroatoms. The Bertz CT molecular complexity index is 1360. The summed E-state index contributed by atoms with van der Waals surface area (Å²) in [5.74, 6) is 1.89. The van der Waals surface area contributed by atoms with Crippen LogP contribution in [0.25, 0.3) is 0 Å². The molecule has 0 bridgehead atoms. The monoisotopic (exact) mass is 583 g/mol. The van der Waals surface area contributed by atoms with Crippen molar-refractivity contribution < 1.29 is 5.11 Å². The Kier molecular flexibility index (Phi) is 7.99. The van der Waals surface area contributed by atoms with E-state index in [1.807, 2.05) is 4.90 Å². The summed E-state index contributed by atoms with van der Waals surface area (Å²) in [5, 5.41) is 20.2. The van der Waals surface area contributed by atoms with Crippen molar-refractivity contribution in [2.45, 2.75) is 56.5 Å². The van der Waals surface area contributed by atoms with Crippen LogP contribution in [0.4, 0.5) is 17.5 Å². The number of aliphatic hydroxyl groups is 1. The number of nitriles is 1. The average Bonchev–Trinajstić information content (AvgIpc) is 3.45. The zero-order valence-corrected chi connectivity index (χ0v) is 25.5. The lowest BCUT2D eigenvalue weighted by Gasteiger charge is -2.48. The second-order valence-electron chi connectivity index (χ2n) is 13.0. The predicted molar refractivity (Wildman–Crippen MR) is 170 cm³/mol. The highest BCUT2D eigenvalue weighted by atomic mass is 16.3. The standard InChI is InChI=1S/C33H45N9O/c1-3-31(43)42-19-18-39(21-26(42)10-12-34)32-28-9-8-25(41-13-11-24-6-4-5-7-30(24)41)20-29(28)35-33(36-32)40-22-27(23-40)38-16-14-37(2)15-17-38/h3-7,25-27,31,43H,1,8-11,13-23H2,2H3/t25?,26-,31?/m0/s1. The van der Waals surface area contributed by atoms with E-state index in [0.717, 1.165) is 89.8 Å². The normalized spacial score (nSPS) is 26.0. The van der Waals surface area contributed by atoms with E-state index >= 15 is 0 Å². The van der Waals surface area contributed by atoms with E-state index in [9.17, 15) is 10.4 Å². The van der Waals surface area contributed by atoms with Crippen LogP contribution in [0.15, 0.2) is 36.9 Å². The van der Waals surface area contributed by atoms with Crippen molar-refractivity contribution in [3.63, 3.8) is 0 Å². The topological polar surface area (TPSA) is 89.2 Å². The van der Waals surface area contributed by atoms with E-state index in [1.54, 1.807) is 6.08 Å². The van der Waals surface area contributed by atoms with Crippen molar-refractivity contribution in [2.75, 3.05) is 87.2 Å². The molecule has 1 aromatic heterocycles. The number of nitrogens with zero attached hydrogens (tertiary/aromatic N) is 9. The van der Waals surface area contributed by atoms with Crippen LogP contribution in [0.3, 0.4) is 0 Å². The zero-order chi connectivity index (χ0) is 29.5. The van der Waals surface area contributed by atoms with E-state index in [2.05, 4.69) is 68.5 Å². The van der Waals surface area contributed by atoms with Gasteiger partial charge in [-0.1, -0.05) is 24.8 Å². The molecule has 4 aliphatic heterocycles. The summed E-state index contributed by atoms with van der Waals surface area (Å²) in [4.78, 5) is 25.0. The molecule has 3 saturated heterocycles. The summed E-state index contributed by atoms with van der Waals surface area (Å²) >= 11 is 0. The van der Waals surface area contributed by atoms with Crippen LogP contribution >= 0.6 is 0 Å². The van der Waals surface area contributed by atoms with E-state index in [1.165, 1.54) is 22.5 Å². The number of rotatable bonds is 7. The van der Waals surface area contributed by atoms with Crippen molar-refractivity contribution in [1.82, 2.24) is 24.7 Å². The number of piperazine rings is 2. The van der Waals surface area contributed by atoms with Crippen molar-refractivity contribution in [3.05, 3.63) is 53.7 Å². The number of para-hydroxylation sites is 1. The molecule has 5 heterocycles. The molecule has 2 aromatic rings. The van der Waals surface area contributed by atoms with Crippen molar-refractivity contribution in [1.29, 1.82) is 5.26 Å². The van der Waals surface area contributed by atoms with Crippen molar-refractivity contribution in [3.8, 4) is 6.07 Å². The van der Waals surface area contributed by atoms with Gasteiger partial charge >= 0.3 is 0 Å². The second-order valence-corrected chi connectivity index (χ2v) is 13.0. The zero-order valence-electron chi connectivity index (χ0n) is 25.5. The molecule has 5 aliphatic rings. The SMILES string of the molecule is C=CC(O)N1CCN(c2nc(N3CC(N4CCN(C)CC4)C3)nc3c2CCC(N2CCc4ccccc42)C3)C[C@@H]1CC#N. The van der Waals surface area contributed by atoms with Gasteiger partial charge in [0, 0.05) is 101 Å². The lowest BCUT2D eigenvalue weighted by atomic mass is 9.90. The number of hydrogen-bond donors (Lipinski definition) is 1. The molecule has 1 aliphatic carbocycles. The quantitative estimate of drug-likeness (QED) is 0.487. The van der Waals surface area contributed by atoms with Gasteiger partial charge in [-0.3, -0.25) is 9.80 Å². The Morgan fingerprint density at radius 1 is 1.00 bits per heavy atom. The minimum atomic E-state index is -0.743. The first-order valence-corrected chi connectivity index (χ1v) is 16.1. The maximum atomic E-state index is 10.6.